The predicted molar refractivity (Wildman–Crippen MR) is 105 cm³/mol. The van der Waals surface area contributed by atoms with E-state index in [1.54, 1.807) is 18.1 Å². The first-order valence-corrected chi connectivity index (χ1v) is 7.66. The molecule has 0 radical (unpaired) electrons. The Morgan fingerprint density at radius 1 is 1.43 bits per heavy atom. The Bertz CT molecular complexity index is 479. The number of guanidine groups is 1. The van der Waals surface area contributed by atoms with E-state index in [9.17, 15) is 4.79 Å². The first kappa shape index (κ1) is 21.6. The molecule has 0 saturated carbocycles. The average molecular weight is 433 g/mol. The SMILES string of the molecule is CC(C)CCNC(N)=NCC(=O)N(C)CCc1ccccn1.I. The van der Waals surface area contributed by atoms with E-state index >= 15 is 0 Å². The summed E-state index contributed by atoms with van der Waals surface area (Å²) < 4.78 is 0. The molecule has 1 heterocycles. The lowest BCUT2D eigenvalue weighted by Crippen LogP contribution is -2.35. The van der Waals surface area contributed by atoms with Crippen molar-refractivity contribution in [1.29, 1.82) is 0 Å². The molecule has 0 spiro atoms. The number of halogens is 1. The van der Waals surface area contributed by atoms with Gasteiger partial charge in [-0.15, -0.1) is 24.0 Å². The van der Waals surface area contributed by atoms with Crippen LogP contribution in [0.25, 0.3) is 0 Å². The normalized spacial score (nSPS) is 11.0. The topological polar surface area (TPSA) is 83.6 Å². The maximum atomic E-state index is 12.0. The van der Waals surface area contributed by atoms with Gasteiger partial charge in [-0.2, -0.15) is 0 Å². The van der Waals surface area contributed by atoms with Gasteiger partial charge in [0.2, 0.25) is 5.91 Å². The van der Waals surface area contributed by atoms with Crippen LogP contribution in [-0.4, -0.2) is 48.4 Å². The number of likely N-dealkylation sites (N-methyl/N-ethyl adjacent to an activating group) is 1. The van der Waals surface area contributed by atoms with E-state index in [4.69, 9.17) is 5.73 Å². The van der Waals surface area contributed by atoms with E-state index in [2.05, 4.69) is 29.1 Å². The summed E-state index contributed by atoms with van der Waals surface area (Å²) in [5.41, 5.74) is 6.70. The first-order valence-electron chi connectivity index (χ1n) is 7.66. The van der Waals surface area contributed by atoms with E-state index < -0.39 is 0 Å². The van der Waals surface area contributed by atoms with Gasteiger partial charge < -0.3 is 16.0 Å². The highest BCUT2D eigenvalue weighted by Gasteiger charge is 2.08. The van der Waals surface area contributed by atoms with Crippen molar-refractivity contribution < 1.29 is 4.79 Å². The second-order valence-corrected chi connectivity index (χ2v) is 5.70. The molecule has 0 aromatic carbocycles. The molecule has 130 valence electrons. The summed E-state index contributed by atoms with van der Waals surface area (Å²) in [6.45, 7) is 5.76. The highest BCUT2D eigenvalue weighted by molar-refractivity contribution is 14.0. The van der Waals surface area contributed by atoms with Crippen LogP contribution in [0, 0.1) is 5.92 Å². The summed E-state index contributed by atoms with van der Waals surface area (Å²) in [5.74, 6) is 0.885. The number of aliphatic imine (C=N–C) groups is 1. The molecule has 0 atom stereocenters. The Morgan fingerprint density at radius 2 is 2.17 bits per heavy atom. The molecule has 1 aromatic rings. The summed E-state index contributed by atoms with van der Waals surface area (Å²) in [4.78, 5) is 21.9. The Morgan fingerprint density at radius 3 is 2.78 bits per heavy atom. The van der Waals surface area contributed by atoms with Gasteiger partial charge in [-0.1, -0.05) is 19.9 Å². The van der Waals surface area contributed by atoms with Crippen LogP contribution in [0.4, 0.5) is 0 Å². The largest absolute Gasteiger partial charge is 0.370 e. The van der Waals surface area contributed by atoms with Crippen molar-refractivity contribution >= 4 is 35.8 Å². The van der Waals surface area contributed by atoms with E-state index in [0.29, 0.717) is 18.4 Å². The molecule has 0 fully saturated rings. The van der Waals surface area contributed by atoms with E-state index in [-0.39, 0.29) is 36.4 Å². The van der Waals surface area contributed by atoms with E-state index in [0.717, 1.165) is 25.1 Å². The van der Waals surface area contributed by atoms with Crippen molar-refractivity contribution in [2.24, 2.45) is 16.6 Å². The number of aromatic nitrogens is 1. The van der Waals surface area contributed by atoms with E-state index in [1.165, 1.54) is 0 Å². The molecule has 0 aliphatic rings. The number of hydrogen-bond donors (Lipinski definition) is 2. The first-order chi connectivity index (χ1) is 10.5. The Labute approximate surface area is 156 Å². The fraction of sp³-hybridized carbons (Fsp3) is 0.562. The van der Waals surface area contributed by atoms with Gasteiger partial charge in [-0.25, -0.2) is 4.99 Å². The van der Waals surface area contributed by atoms with E-state index in [1.807, 2.05) is 18.2 Å². The maximum Gasteiger partial charge on any atom is 0.244 e. The summed E-state index contributed by atoms with van der Waals surface area (Å²) in [6, 6.07) is 5.77. The Hall–Kier alpha value is -1.38. The molecule has 0 bridgehead atoms. The lowest BCUT2D eigenvalue weighted by atomic mass is 10.1. The Kier molecular flexibility index (Phi) is 11.4. The summed E-state index contributed by atoms with van der Waals surface area (Å²) in [6.07, 6.45) is 3.51. The van der Waals surface area contributed by atoms with Gasteiger partial charge in [0.25, 0.3) is 0 Å². The molecule has 1 aromatic heterocycles. The second-order valence-electron chi connectivity index (χ2n) is 5.70. The maximum absolute atomic E-state index is 12.0. The molecule has 6 nitrogen and oxygen atoms in total. The summed E-state index contributed by atoms with van der Waals surface area (Å²) in [7, 11) is 1.77. The van der Waals surface area contributed by atoms with Gasteiger partial charge in [-0.3, -0.25) is 9.78 Å². The van der Waals surface area contributed by atoms with Crippen molar-refractivity contribution in [2.45, 2.75) is 26.7 Å². The molecule has 3 N–H and O–H groups in total. The zero-order valence-corrected chi connectivity index (χ0v) is 16.5. The molecule has 0 aliphatic carbocycles. The van der Waals surface area contributed by atoms with Crippen molar-refractivity contribution in [3.8, 4) is 0 Å². The van der Waals surface area contributed by atoms with Crippen molar-refractivity contribution in [3.63, 3.8) is 0 Å². The highest BCUT2D eigenvalue weighted by atomic mass is 127. The molecule has 7 heteroatoms. The summed E-state index contributed by atoms with van der Waals surface area (Å²) >= 11 is 0. The zero-order chi connectivity index (χ0) is 16.4. The molecule has 0 aliphatic heterocycles. The number of pyridine rings is 1. The lowest BCUT2D eigenvalue weighted by Gasteiger charge is -2.16. The number of nitrogens with two attached hydrogens (primary N) is 1. The molecule has 0 unspecified atom stereocenters. The van der Waals surface area contributed by atoms with Gasteiger partial charge in [0.15, 0.2) is 5.96 Å². The molecular formula is C16H28IN5O. The fourth-order valence-electron chi connectivity index (χ4n) is 1.77. The minimum Gasteiger partial charge on any atom is -0.370 e. The van der Waals surface area contributed by atoms with Crippen LogP contribution in [0.2, 0.25) is 0 Å². The number of nitrogens with one attached hydrogen (secondary N) is 1. The number of hydrogen-bond acceptors (Lipinski definition) is 3. The number of carbonyl (C=O) groups excluding carboxylic acids is 1. The van der Waals surface area contributed by atoms with Crippen molar-refractivity contribution in [1.82, 2.24) is 15.2 Å². The third kappa shape index (κ3) is 10.1. The van der Waals surface area contributed by atoms with Gasteiger partial charge in [0, 0.05) is 38.4 Å². The monoisotopic (exact) mass is 433 g/mol. The van der Waals surface area contributed by atoms with Crippen LogP contribution in [0.3, 0.4) is 0 Å². The fourth-order valence-corrected chi connectivity index (χ4v) is 1.77. The van der Waals surface area contributed by atoms with Crippen LogP contribution < -0.4 is 11.1 Å². The minimum atomic E-state index is -0.0514. The zero-order valence-electron chi connectivity index (χ0n) is 14.2. The molecule has 1 rings (SSSR count). The summed E-state index contributed by atoms with van der Waals surface area (Å²) in [5, 5.41) is 3.01. The van der Waals surface area contributed by atoms with Crippen molar-refractivity contribution in [2.75, 3.05) is 26.7 Å². The highest BCUT2D eigenvalue weighted by Crippen LogP contribution is 1.97. The quantitative estimate of drug-likeness (QED) is 0.371. The van der Waals surface area contributed by atoms with Gasteiger partial charge in [-0.05, 0) is 24.5 Å². The third-order valence-corrected chi connectivity index (χ3v) is 3.27. The Balaban J connectivity index is 0.00000484. The van der Waals surface area contributed by atoms with Gasteiger partial charge in [0.05, 0.1) is 0 Å². The minimum absolute atomic E-state index is 0. The molecular weight excluding hydrogens is 405 g/mol. The van der Waals surface area contributed by atoms with Gasteiger partial charge in [0.1, 0.15) is 6.54 Å². The van der Waals surface area contributed by atoms with Crippen LogP contribution in [0.5, 0.6) is 0 Å². The van der Waals surface area contributed by atoms with Crippen LogP contribution in [0.1, 0.15) is 26.0 Å². The number of nitrogens with zero attached hydrogens (tertiary/aromatic N) is 3. The average Bonchev–Trinajstić information content (AvgIpc) is 2.50. The standard InChI is InChI=1S/C16H27N5O.HI/c1-13(2)7-10-19-16(17)20-12-15(22)21(3)11-8-14-6-4-5-9-18-14;/h4-6,9,13H,7-8,10-12H2,1-3H3,(H3,17,19,20);1H. The van der Waals surface area contributed by atoms with Crippen molar-refractivity contribution in [3.05, 3.63) is 30.1 Å². The van der Waals surface area contributed by atoms with Crippen LogP contribution >= 0.6 is 24.0 Å². The second kappa shape index (κ2) is 12.1. The molecule has 1 amide bonds. The van der Waals surface area contributed by atoms with Crippen LogP contribution in [-0.2, 0) is 11.2 Å². The molecule has 23 heavy (non-hydrogen) atoms. The number of rotatable bonds is 8. The lowest BCUT2D eigenvalue weighted by molar-refractivity contribution is -0.128. The van der Waals surface area contributed by atoms with Gasteiger partial charge >= 0.3 is 0 Å². The number of carbonyl (C=O) groups is 1. The van der Waals surface area contributed by atoms with Crippen LogP contribution in [0.15, 0.2) is 29.4 Å². The smallest absolute Gasteiger partial charge is 0.244 e. The third-order valence-electron chi connectivity index (χ3n) is 3.27. The number of amides is 1. The molecule has 0 saturated heterocycles. The predicted octanol–water partition coefficient (Wildman–Crippen LogP) is 1.65.